The minimum Gasteiger partial charge on any atom is -0.346 e. The molecule has 0 amide bonds. The van der Waals surface area contributed by atoms with E-state index in [0.717, 1.165) is 5.69 Å². The number of nitrogens with zero attached hydrogens (tertiary/aromatic N) is 5. The van der Waals surface area contributed by atoms with Crippen LogP contribution in [0.2, 0.25) is 0 Å². The SMILES string of the molecule is N#Cc1c(Nc2ccccc2)sc2c1nc(-c1ccc([N+](=O)[O-])cc1)c1c(=O)n3ccccc3nc12. The molecule has 0 unspecified atom stereocenters. The number of nitro benzene ring substituents is 1. The van der Waals surface area contributed by atoms with Gasteiger partial charge < -0.3 is 5.32 Å². The summed E-state index contributed by atoms with van der Waals surface area (Å²) in [6, 6.07) is 22.8. The number of anilines is 2. The van der Waals surface area contributed by atoms with Crippen molar-refractivity contribution in [1.82, 2.24) is 14.4 Å². The van der Waals surface area contributed by atoms with Gasteiger partial charge >= 0.3 is 0 Å². The predicted molar refractivity (Wildman–Crippen MR) is 139 cm³/mol. The molecule has 0 fully saturated rings. The molecule has 0 spiro atoms. The third-order valence-electron chi connectivity index (χ3n) is 5.79. The number of thiophene rings is 1. The predicted octanol–water partition coefficient (Wildman–Crippen LogP) is 5.65. The Balaban J connectivity index is 1.72. The summed E-state index contributed by atoms with van der Waals surface area (Å²) in [4.78, 5) is 33.9. The maximum atomic E-state index is 13.7. The Labute approximate surface area is 206 Å². The van der Waals surface area contributed by atoms with Crippen molar-refractivity contribution in [3.05, 3.63) is 105 Å². The number of aromatic nitrogens is 3. The Kier molecular flexibility index (Phi) is 4.91. The summed E-state index contributed by atoms with van der Waals surface area (Å²) < 4.78 is 2.04. The number of nitro groups is 1. The van der Waals surface area contributed by atoms with E-state index in [4.69, 9.17) is 9.97 Å². The molecule has 4 aromatic heterocycles. The number of pyridine rings is 2. The van der Waals surface area contributed by atoms with Crippen LogP contribution in [0.4, 0.5) is 16.4 Å². The molecule has 0 saturated carbocycles. The first-order chi connectivity index (χ1) is 17.5. The maximum Gasteiger partial charge on any atom is 0.269 e. The fourth-order valence-corrected chi connectivity index (χ4v) is 5.22. The van der Waals surface area contributed by atoms with Crippen molar-refractivity contribution in [3.63, 3.8) is 0 Å². The van der Waals surface area contributed by atoms with Crippen LogP contribution in [0.5, 0.6) is 0 Å². The van der Waals surface area contributed by atoms with E-state index in [0.29, 0.717) is 43.2 Å². The number of nitrogens with one attached hydrogen (secondary N) is 1. The van der Waals surface area contributed by atoms with Gasteiger partial charge in [0, 0.05) is 29.6 Å². The van der Waals surface area contributed by atoms with Gasteiger partial charge in [-0.15, -0.1) is 11.3 Å². The summed E-state index contributed by atoms with van der Waals surface area (Å²) in [5.74, 6) is 0. The topological polar surface area (TPSA) is 126 Å². The fraction of sp³-hybridized carbons (Fsp3) is 0. The monoisotopic (exact) mass is 490 g/mol. The van der Waals surface area contributed by atoms with Gasteiger partial charge in [0.15, 0.2) is 0 Å². The van der Waals surface area contributed by atoms with Crippen LogP contribution >= 0.6 is 11.3 Å². The van der Waals surface area contributed by atoms with Crippen molar-refractivity contribution in [2.75, 3.05) is 5.32 Å². The van der Waals surface area contributed by atoms with Crippen LogP contribution in [-0.2, 0) is 0 Å². The van der Waals surface area contributed by atoms with Crippen LogP contribution in [0.15, 0.2) is 83.8 Å². The van der Waals surface area contributed by atoms with Crippen molar-refractivity contribution in [2.45, 2.75) is 0 Å². The molecule has 0 saturated heterocycles. The second kappa shape index (κ2) is 8.26. The van der Waals surface area contributed by atoms with Gasteiger partial charge in [-0.2, -0.15) is 5.26 Å². The molecule has 1 N–H and O–H groups in total. The molecule has 0 radical (unpaired) electrons. The minimum atomic E-state index is -0.489. The Morgan fingerprint density at radius 1 is 0.972 bits per heavy atom. The van der Waals surface area contributed by atoms with Crippen LogP contribution < -0.4 is 10.9 Å². The zero-order chi connectivity index (χ0) is 24.8. The molecule has 0 aliphatic heterocycles. The average Bonchev–Trinajstić information content (AvgIpc) is 3.26. The molecule has 172 valence electrons. The van der Waals surface area contributed by atoms with Crippen LogP contribution in [-0.4, -0.2) is 19.3 Å². The van der Waals surface area contributed by atoms with Crippen molar-refractivity contribution < 1.29 is 4.92 Å². The van der Waals surface area contributed by atoms with E-state index in [9.17, 15) is 20.2 Å². The fourth-order valence-electron chi connectivity index (χ4n) is 4.12. The molecule has 0 atom stereocenters. The van der Waals surface area contributed by atoms with E-state index >= 15 is 0 Å². The maximum absolute atomic E-state index is 13.7. The van der Waals surface area contributed by atoms with Gasteiger partial charge in [0.05, 0.1) is 26.2 Å². The Hall–Kier alpha value is -5.14. The normalized spacial score (nSPS) is 11.1. The highest BCUT2D eigenvalue weighted by molar-refractivity contribution is 7.24. The number of hydrogen-bond acceptors (Lipinski definition) is 8. The second-order valence-electron chi connectivity index (χ2n) is 7.92. The van der Waals surface area contributed by atoms with Gasteiger partial charge in [0.25, 0.3) is 11.2 Å². The van der Waals surface area contributed by atoms with Crippen molar-refractivity contribution in [2.24, 2.45) is 0 Å². The summed E-state index contributed by atoms with van der Waals surface area (Å²) >= 11 is 1.30. The van der Waals surface area contributed by atoms with Gasteiger partial charge in [0.2, 0.25) is 0 Å². The largest absolute Gasteiger partial charge is 0.346 e. The first kappa shape index (κ1) is 21.4. The minimum absolute atomic E-state index is 0.0768. The smallest absolute Gasteiger partial charge is 0.269 e. The molecule has 4 heterocycles. The molecule has 36 heavy (non-hydrogen) atoms. The number of fused-ring (bicyclic) bond motifs is 4. The lowest BCUT2D eigenvalue weighted by Crippen LogP contribution is -2.16. The van der Waals surface area contributed by atoms with E-state index in [2.05, 4.69) is 11.4 Å². The van der Waals surface area contributed by atoms with E-state index in [1.807, 2.05) is 30.3 Å². The first-order valence-corrected chi connectivity index (χ1v) is 11.6. The molecule has 0 bridgehead atoms. The highest BCUT2D eigenvalue weighted by Crippen LogP contribution is 2.41. The van der Waals surface area contributed by atoms with Gasteiger partial charge in [-0.1, -0.05) is 24.3 Å². The lowest BCUT2D eigenvalue weighted by molar-refractivity contribution is -0.384. The number of benzene rings is 2. The lowest BCUT2D eigenvalue weighted by Gasteiger charge is -2.09. The number of para-hydroxylation sites is 1. The highest BCUT2D eigenvalue weighted by atomic mass is 32.1. The Morgan fingerprint density at radius 3 is 2.44 bits per heavy atom. The van der Waals surface area contributed by atoms with Crippen molar-refractivity contribution >= 4 is 54.5 Å². The second-order valence-corrected chi connectivity index (χ2v) is 8.94. The van der Waals surface area contributed by atoms with E-state index < -0.39 is 4.92 Å². The van der Waals surface area contributed by atoms with Crippen LogP contribution in [0.1, 0.15) is 5.56 Å². The average molecular weight is 491 g/mol. The lowest BCUT2D eigenvalue weighted by atomic mass is 10.1. The van der Waals surface area contributed by atoms with Crippen LogP contribution in [0.3, 0.4) is 0 Å². The number of rotatable bonds is 4. The standard InChI is InChI=1S/C26H14N6O3S/c27-14-18-22-24(36-25(18)28-16-6-2-1-3-7-16)23-20(26(33)31-13-5-4-8-19(31)29-23)21(30-22)15-9-11-17(12-10-15)32(34)35/h1-13,28H. The number of non-ortho nitro benzene ring substituents is 1. The van der Waals surface area contributed by atoms with E-state index in [1.54, 1.807) is 36.5 Å². The summed E-state index contributed by atoms with van der Waals surface area (Å²) in [6.45, 7) is 0. The molecule has 0 aliphatic carbocycles. The van der Waals surface area contributed by atoms with Gasteiger partial charge in [-0.3, -0.25) is 19.3 Å². The Morgan fingerprint density at radius 2 is 1.72 bits per heavy atom. The quantitative estimate of drug-likeness (QED) is 0.192. The highest BCUT2D eigenvalue weighted by Gasteiger charge is 2.23. The van der Waals surface area contributed by atoms with Gasteiger partial charge in [-0.25, -0.2) is 9.97 Å². The molecular weight excluding hydrogens is 476 g/mol. The van der Waals surface area contributed by atoms with Crippen LogP contribution in [0, 0.1) is 21.4 Å². The first-order valence-electron chi connectivity index (χ1n) is 10.8. The third-order valence-corrected chi connectivity index (χ3v) is 6.89. The summed E-state index contributed by atoms with van der Waals surface area (Å²) in [5, 5.41) is 25.4. The zero-order valence-corrected chi connectivity index (χ0v) is 19.2. The summed E-state index contributed by atoms with van der Waals surface area (Å²) in [6.07, 6.45) is 1.63. The van der Waals surface area contributed by atoms with Crippen LogP contribution in [0.25, 0.3) is 38.0 Å². The summed E-state index contributed by atoms with van der Waals surface area (Å²) in [5.41, 5.74) is 2.86. The van der Waals surface area contributed by atoms with Crippen molar-refractivity contribution in [1.29, 1.82) is 5.26 Å². The van der Waals surface area contributed by atoms with Crippen molar-refractivity contribution in [3.8, 4) is 17.3 Å². The van der Waals surface area contributed by atoms with E-state index in [-0.39, 0.29) is 16.6 Å². The van der Waals surface area contributed by atoms with E-state index in [1.165, 1.54) is 27.9 Å². The van der Waals surface area contributed by atoms with Gasteiger partial charge in [0.1, 0.15) is 27.8 Å². The molecule has 6 rings (SSSR count). The zero-order valence-electron chi connectivity index (χ0n) is 18.4. The third kappa shape index (κ3) is 3.34. The molecule has 9 nitrogen and oxygen atoms in total. The number of nitriles is 1. The van der Waals surface area contributed by atoms with Gasteiger partial charge in [-0.05, 0) is 36.4 Å². The molecule has 10 heteroatoms. The molecule has 2 aromatic carbocycles. The number of hydrogen-bond donors (Lipinski definition) is 1. The summed E-state index contributed by atoms with van der Waals surface area (Å²) in [7, 11) is 0. The molecule has 6 aromatic rings. The Bertz CT molecular complexity index is 1920. The molecular formula is C26H14N6O3S. The molecule has 0 aliphatic rings.